The number of hydrogen-bond donors (Lipinski definition) is 2. The molecule has 6 heteroatoms. The molecule has 0 atom stereocenters. The number of nitrogens with one attached hydrogen (secondary N) is 1. The second-order valence-corrected chi connectivity index (χ2v) is 5.94. The molecule has 0 bridgehead atoms. The van der Waals surface area contributed by atoms with Crippen molar-refractivity contribution in [3.63, 3.8) is 0 Å². The number of aromatic nitrogens is 3. The molecule has 0 spiro atoms. The van der Waals surface area contributed by atoms with Gasteiger partial charge in [-0.25, -0.2) is 9.67 Å². The minimum atomic E-state index is -0.376. The second-order valence-electron chi connectivity index (χ2n) is 5.94. The molecule has 3 N–H and O–H groups in total. The van der Waals surface area contributed by atoms with Gasteiger partial charge in [-0.05, 0) is 30.5 Å². The van der Waals surface area contributed by atoms with Gasteiger partial charge in [0.05, 0.1) is 12.0 Å². The normalized spacial score (nSPS) is 16.6. The van der Waals surface area contributed by atoms with E-state index in [2.05, 4.69) is 15.4 Å². The van der Waals surface area contributed by atoms with Crippen molar-refractivity contribution in [1.82, 2.24) is 14.8 Å². The van der Waals surface area contributed by atoms with E-state index in [9.17, 15) is 4.79 Å². The maximum atomic E-state index is 12.5. The predicted octanol–water partition coefficient (Wildman–Crippen LogP) is 1.78. The zero-order valence-corrected chi connectivity index (χ0v) is 12.5. The standard InChI is InChI=1S/C16H21N5O/c17-10-16(7-1-2-8-16)15(22)20-14-5-3-13(4-6-14)9-21-12-18-11-19-21/h3-6,11-12H,1-2,7-10,17H2,(H,20,22). The molecule has 1 saturated carbocycles. The molecule has 3 rings (SSSR count). The van der Waals surface area contributed by atoms with Gasteiger partial charge in [0.2, 0.25) is 5.91 Å². The summed E-state index contributed by atoms with van der Waals surface area (Å²) >= 11 is 0. The summed E-state index contributed by atoms with van der Waals surface area (Å²) in [7, 11) is 0. The number of hydrogen-bond acceptors (Lipinski definition) is 4. The zero-order valence-electron chi connectivity index (χ0n) is 12.5. The van der Waals surface area contributed by atoms with E-state index in [1.165, 1.54) is 6.33 Å². The first-order chi connectivity index (χ1) is 10.7. The lowest BCUT2D eigenvalue weighted by atomic mass is 9.85. The molecule has 1 aromatic carbocycles. The zero-order chi connectivity index (χ0) is 15.4. The van der Waals surface area contributed by atoms with Crippen LogP contribution in [0.5, 0.6) is 0 Å². The molecule has 0 unspecified atom stereocenters. The van der Waals surface area contributed by atoms with Crippen LogP contribution in [-0.4, -0.2) is 27.2 Å². The summed E-state index contributed by atoms with van der Waals surface area (Å²) in [6.07, 6.45) is 7.14. The Hall–Kier alpha value is -2.21. The van der Waals surface area contributed by atoms with Gasteiger partial charge in [0, 0.05) is 12.2 Å². The van der Waals surface area contributed by atoms with Crippen molar-refractivity contribution < 1.29 is 4.79 Å². The lowest BCUT2D eigenvalue weighted by Gasteiger charge is -2.25. The van der Waals surface area contributed by atoms with Crippen molar-refractivity contribution in [3.8, 4) is 0 Å². The Balaban J connectivity index is 1.64. The Morgan fingerprint density at radius 1 is 1.27 bits per heavy atom. The Labute approximate surface area is 129 Å². The fourth-order valence-electron chi connectivity index (χ4n) is 3.03. The number of carbonyl (C=O) groups is 1. The number of anilines is 1. The average molecular weight is 299 g/mol. The van der Waals surface area contributed by atoms with E-state index in [0.29, 0.717) is 13.1 Å². The minimum Gasteiger partial charge on any atom is -0.329 e. The minimum absolute atomic E-state index is 0.0523. The SMILES string of the molecule is NCC1(C(=O)Nc2ccc(Cn3cncn3)cc2)CCCC1. The van der Waals surface area contributed by atoms with E-state index in [4.69, 9.17) is 5.73 Å². The van der Waals surface area contributed by atoms with Crippen molar-refractivity contribution in [1.29, 1.82) is 0 Å². The molecule has 116 valence electrons. The van der Waals surface area contributed by atoms with Crippen LogP contribution in [0.3, 0.4) is 0 Å². The van der Waals surface area contributed by atoms with Crippen LogP contribution in [0.2, 0.25) is 0 Å². The summed E-state index contributed by atoms with van der Waals surface area (Å²) in [5, 5.41) is 7.08. The van der Waals surface area contributed by atoms with Crippen LogP contribution in [0.25, 0.3) is 0 Å². The molecule has 2 aromatic rings. The first-order valence-electron chi connectivity index (χ1n) is 7.65. The largest absolute Gasteiger partial charge is 0.329 e. The highest BCUT2D eigenvalue weighted by molar-refractivity contribution is 5.95. The topological polar surface area (TPSA) is 85.8 Å². The first kappa shape index (κ1) is 14.7. The highest BCUT2D eigenvalue weighted by atomic mass is 16.2. The van der Waals surface area contributed by atoms with Gasteiger partial charge < -0.3 is 11.1 Å². The Morgan fingerprint density at radius 2 is 2.00 bits per heavy atom. The molecular formula is C16H21N5O. The molecule has 1 amide bonds. The van der Waals surface area contributed by atoms with Crippen molar-refractivity contribution in [2.24, 2.45) is 11.1 Å². The molecule has 1 fully saturated rings. The van der Waals surface area contributed by atoms with Gasteiger partial charge in [0.1, 0.15) is 12.7 Å². The third-order valence-corrected chi connectivity index (χ3v) is 4.46. The fourth-order valence-corrected chi connectivity index (χ4v) is 3.03. The molecule has 1 aliphatic rings. The Kier molecular flexibility index (Phi) is 4.20. The van der Waals surface area contributed by atoms with Gasteiger partial charge in [-0.2, -0.15) is 5.10 Å². The molecule has 1 aromatic heterocycles. The first-order valence-corrected chi connectivity index (χ1v) is 7.65. The third-order valence-electron chi connectivity index (χ3n) is 4.46. The fraction of sp³-hybridized carbons (Fsp3) is 0.438. The van der Waals surface area contributed by atoms with Crippen molar-refractivity contribution >= 4 is 11.6 Å². The summed E-state index contributed by atoms with van der Waals surface area (Å²) in [5.74, 6) is 0.0523. The summed E-state index contributed by atoms with van der Waals surface area (Å²) in [6.45, 7) is 1.09. The molecule has 0 aliphatic heterocycles. The van der Waals surface area contributed by atoms with Crippen LogP contribution in [0, 0.1) is 5.41 Å². The number of carbonyl (C=O) groups excluding carboxylic acids is 1. The summed E-state index contributed by atoms with van der Waals surface area (Å²) < 4.78 is 1.76. The number of nitrogens with two attached hydrogens (primary N) is 1. The van der Waals surface area contributed by atoms with Gasteiger partial charge in [-0.1, -0.05) is 25.0 Å². The molecule has 1 heterocycles. The van der Waals surface area contributed by atoms with Crippen molar-refractivity contribution in [3.05, 3.63) is 42.5 Å². The van der Waals surface area contributed by atoms with Crippen LogP contribution in [0.1, 0.15) is 31.2 Å². The average Bonchev–Trinajstić information content (AvgIpc) is 3.21. The van der Waals surface area contributed by atoms with E-state index in [-0.39, 0.29) is 11.3 Å². The predicted molar refractivity (Wildman–Crippen MR) is 84.2 cm³/mol. The maximum Gasteiger partial charge on any atom is 0.231 e. The third kappa shape index (κ3) is 3.01. The summed E-state index contributed by atoms with van der Waals surface area (Å²) in [4.78, 5) is 16.4. The number of amides is 1. The number of nitrogens with zero attached hydrogens (tertiary/aromatic N) is 3. The van der Waals surface area contributed by atoms with Gasteiger partial charge >= 0.3 is 0 Å². The molecule has 0 saturated heterocycles. The number of benzene rings is 1. The summed E-state index contributed by atoms with van der Waals surface area (Å²) in [6, 6.07) is 7.81. The van der Waals surface area contributed by atoms with Crippen LogP contribution in [0.15, 0.2) is 36.9 Å². The molecule has 22 heavy (non-hydrogen) atoms. The number of rotatable bonds is 5. The van der Waals surface area contributed by atoms with Crippen LogP contribution < -0.4 is 11.1 Å². The lowest BCUT2D eigenvalue weighted by Crippen LogP contribution is -2.40. The van der Waals surface area contributed by atoms with Gasteiger partial charge in [-0.3, -0.25) is 4.79 Å². The van der Waals surface area contributed by atoms with Gasteiger partial charge in [-0.15, -0.1) is 0 Å². The van der Waals surface area contributed by atoms with Crippen LogP contribution in [0.4, 0.5) is 5.69 Å². The Morgan fingerprint density at radius 3 is 2.59 bits per heavy atom. The maximum absolute atomic E-state index is 12.5. The summed E-state index contributed by atoms with van der Waals surface area (Å²) in [5.41, 5.74) is 7.39. The quantitative estimate of drug-likeness (QED) is 0.881. The second kappa shape index (κ2) is 6.27. The Bertz CT molecular complexity index is 614. The highest BCUT2D eigenvalue weighted by Gasteiger charge is 2.39. The van der Waals surface area contributed by atoms with E-state index >= 15 is 0 Å². The van der Waals surface area contributed by atoms with Crippen LogP contribution in [-0.2, 0) is 11.3 Å². The lowest BCUT2D eigenvalue weighted by molar-refractivity contribution is -0.124. The van der Waals surface area contributed by atoms with Gasteiger partial charge in [0.25, 0.3) is 0 Å². The van der Waals surface area contributed by atoms with Crippen LogP contribution >= 0.6 is 0 Å². The van der Waals surface area contributed by atoms with Gasteiger partial charge in [0.15, 0.2) is 0 Å². The van der Waals surface area contributed by atoms with E-state index in [1.807, 2.05) is 24.3 Å². The van der Waals surface area contributed by atoms with Crippen molar-refractivity contribution in [2.45, 2.75) is 32.2 Å². The van der Waals surface area contributed by atoms with E-state index < -0.39 is 0 Å². The van der Waals surface area contributed by atoms with Crippen molar-refractivity contribution in [2.75, 3.05) is 11.9 Å². The van der Waals surface area contributed by atoms with E-state index in [0.717, 1.165) is 36.9 Å². The highest BCUT2D eigenvalue weighted by Crippen LogP contribution is 2.38. The monoisotopic (exact) mass is 299 g/mol. The van der Waals surface area contributed by atoms with E-state index in [1.54, 1.807) is 11.0 Å². The molecule has 6 nitrogen and oxygen atoms in total. The molecule has 0 radical (unpaired) electrons. The molecular weight excluding hydrogens is 278 g/mol. The molecule has 1 aliphatic carbocycles. The smallest absolute Gasteiger partial charge is 0.231 e.